The van der Waals surface area contributed by atoms with Crippen LogP contribution >= 0.6 is 0 Å². The van der Waals surface area contributed by atoms with E-state index in [9.17, 15) is 14.4 Å². The van der Waals surface area contributed by atoms with Crippen molar-refractivity contribution in [2.45, 2.75) is 6.42 Å². The molecule has 0 aliphatic carbocycles. The fourth-order valence-electron chi connectivity index (χ4n) is 1.87. The van der Waals surface area contributed by atoms with E-state index in [-0.39, 0.29) is 16.7 Å². The average molecular weight is 278 g/mol. The molecule has 0 aliphatic heterocycles. The third-order valence-corrected chi connectivity index (χ3v) is 2.72. The first-order valence-corrected chi connectivity index (χ1v) is 5.53. The van der Waals surface area contributed by atoms with Crippen molar-refractivity contribution in [3.05, 3.63) is 39.7 Å². The number of benzene rings is 1. The van der Waals surface area contributed by atoms with Gasteiger partial charge in [-0.15, -0.1) is 0 Å². The summed E-state index contributed by atoms with van der Waals surface area (Å²) in [6, 6.07) is 4.46. The van der Waals surface area contributed by atoms with Gasteiger partial charge in [0.2, 0.25) is 5.76 Å². The Kier molecular flexibility index (Phi) is 3.43. The normalized spacial score (nSPS) is 10.4. The molecule has 2 N–H and O–H groups in total. The zero-order chi connectivity index (χ0) is 14.9. The van der Waals surface area contributed by atoms with Crippen molar-refractivity contribution < 1.29 is 29.0 Å². The van der Waals surface area contributed by atoms with Crippen LogP contribution in [0.4, 0.5) is 0 Å². The Morgan fingerprint density at radius 2 is 2.00 bits per heavy atom. The summed E-state index contributed by atoms with van der Waals surface area (Å²) in [5.74, 6) is -3.31. The molecule has 0 saturated heterocycles. The lowest BCUT2D eigenvalue weighted by molar-refractivity contribution is -0.136. The number of hydrogen-bond acceptors (Lipinski definition) is 5. The van der Waals surface area contributed by atoms with Gasteiger partial charge in [-0.1, -0.05) is 6.07 Å². The summed E-state index contributed by atoms with van der Waals surface area (Å²) in [4.78, 5) is 34.1. The first-order valence-electron chi connectivity index (χ1n) is 5.53. The monoisotopic (exact) mass is 278 g/mol. The first-order chi connectivity index (χ1) is 9.45. The SMILES string of the molecule is COc1cccc2c(=O)c(CC(=O)O)c(C(=O)O)oc12. The number of carboxylic acid groups (broad SMARTS) is 2. The van der Waals surface area contributed by atoms with Crippen LogP contribution < -0.4 is 10.2 Å². The highest BCUT2D eigenvalue weighted by atomic mass is 16.5. The summed E-state index contributed by atoms with van der Waals surface area (Å²) in [5, 5.41) is 17.9. The summed E-state index contributed by atoms with van der Waals surface area (Å²) >= 11 is 0. The van der Waals surface area contributed by atoms with Gasteiger partial charge in [0.05, 0.1) is 24.5 Å². The molecule has 1 heterocycles. The molecule has 0 amide bonds. The average Bonchev–Trinajstić information content (AvgIpc) is 2.40. The van der Waals surface area contributed by atoms with E-state index >= 15 is 0 Å². The predicted molar refractivity (Wildman–Crippen MR) is 67.3 cm³/mol. The van der Waals surface area contributed by atoms with E-state index in [1.165, 1.54) is 25.3 Å². The van der Waals surface area contributed by atoms with E-state index < -0.39 is 35.1 Å². The van der Waals surface area contributed by atoms with Crippen LogP contribution in [-0.2, 0) is 11.2 Å². The molecule has 0 radical (unpaired) electrons. The number of carbonyl (C=O) groups is 2. The molecule has 0 atom stereocenters. The smallest absolute Gasteiger partial charge is 0.372 e. The summed E-state index contributed by atoms with van der Waals surface area (Å²) in [6.07, 6.45) is -0.725. The maximum absolute atomic E-state index is 12.2. The van der Waals surface area contributed by atoms with Gasteiger partial charge in [-0.3, -0.25) is 9.59 Å². The molecule has 0 fully saturated rings. The molecule has 104 valence electrons. The third-order valence-electron chi connectivity index (χ3n) is 2.72. The molecule has 0 aliphatic rings. The van der Waals surface area contributed by atoms with Crippen LogP contribution in [0.3, 0.4) is 0 Å². The van der Waals surface area contributed by atoms with E-state index in [1.54, 1.807) is 0 Å². The van der Waals surface area contributed by atoms with Gasteiger partial charge >= 0.3 is 11.9 Å². The van der Waals surface area contributed by atoms with Crippen LogP contribution in [0.2, 0.25) is 0 Å². The van der Waals surface area contributed by atoms with Crippen LogP contribution in [0.15, 0.2) is 27.4 Å². The highest BCUT2D eigenvalue weighted by molar-refractivity contribution is 5.92. The molecule has 7 nitrogen and oxygen atoms in total. The summed E-state index contributed by atoms with van der Waals surface area (Å²) < 4.78 is 10.2. The lowest BCUT2D eigenvalue weighted by atomic mass is 10.1. The molecule has 2 aromatic rings. The number of aliphatic carboxylic acids is 1. The molecular formula is C13H10O7. The van der Waals surface area contributed by atoms with Crippen molar-refractivity contribution in [1.29, 1.82) is 0 Å². The Balaban J connectivity index is 2.89. The Hall–Kier alpha value is -2.83. The zero-order valence-corrected chi connectivity index (χ0v) is 10.4. The van der Waals surface area contributed by atoms with E-state index in [0.29, 0.717) is 0 Å². The molecule has 0 unspecified atom stereocenters. The molecule has 1 aromatic carbocycles. The number of carboxylic acids is 2. The fraction of sp³-hybridized carbons (Fsp3) is 0.154. The molecule has 2 rings (SSSR count). The second kappa shape index (κ2) is 5.04. The van der Waals surface area contributed by atoms with Crippen LogP contribution in [0.5, 0.6) is 5.75 Å². The van der Waals surface area contributed by atoms with E-state index in [0.717, 1.165) is 0 Å². The quantitative estimate of drug-likeness (QED) is 0.861. The number of rotatable bonds is 4. The molecule has 0 bridgehead atoms. The lowest BCUT2D eigenvalue weighted by Crippen LogP contribution is -2.19. The van der Waals surface area contributed by atoms with Crippen LogP contribution in [-0.4, -0.2) is 29.3 Å². The van der Waals surface area contributed by atoms with Gasteiger partial charge in [0.25, 0.3) is 0 Å². The van der Waals surface area contributed by atoms with Crippen molar-refractivity contribution in [3.63, 3.8) is 0 Å². The van der Waals surface area contributed by atoms with Crippen molar-refractivity contribution in [3.8, 4) is 5.75 Å². The summed E-state index contributed by atoms with van der Waals surface area (Å²) in [6.45, 7) is 0. The van der Waals surface area contributed by atoms with Crippen LogP contribution in [0.1, 0.15) is 16.1 Å². The number of ether oxygens (including phenoxy) is 1. The van der Waals surface area contributed by atoms with Gasteiger partial charge in [-0.25, -0.2) is 4.79 Å². The maximum atomic E-state index is 12.2. The topological polar surface area (TPSA) is 114 Å². The van der Waals surface area contributed by atoms with Crippen molar-refractivity contribution >= 4 is 22.9 Å². The van der Waals surface area contributed by atoms with Gasteiger partial charge in [-0.2, -0.15) is 0 Å². The van der Waals surface area contributed by atoms with Crippen LogP contribution in [0.25, 0.3) is 11.0 Å². The van der Waals surface area contributed by atoms with Gasteiger partial charge in [0.1, 0.15) is 0 Å². The van der Waals surface area contributed by atoms with Gasteiger partial charge in [0, 0.05) is 0 Å². The summed E-state index contributed by atoms with van der Waals surface area (Å²) in [5.41, 5.74) is -1.11. The second-order valence-corrected chi connectivity index (χ2v) is 3.95. The van der Waals surface area contributed by atoms with Gasteiger partial charge in [0.15, 0.2) is 16.8 Å². The Labute approximate surface area is 112 Å². The minimum absolute atomic E-state index is 0.0217. The minimum atomic E-state index is -1.51. The van der Waals surface area contributed by atoms with E-state index in [4.69, 9.17) is 19.4 Å². The molecule has 1 aromatic heterocycles. The van der Waals surface area contributed by atoms with Crippen LogP contribution in [0, 0.1) is 0 Å². The molecular weight excluding hydrogens is 268 g/mol. The van der Waals surface area contributed by atoms with Crippen molar-refractivity contribution in [2.75, 3.05) is 7.11 Å². The molecule has 0 saturated carbocycles. The number of aromatic carboxylic acids is 1. The Morgan fingerprint density at radius 1 is 1.30 bits per heavy atom. The number of hydrogen-bond donors (Lipinski definition) is 2. The predicted octanol–water partition coefficient (Wildman–Crippen LogP) is 1.13. The number of methoxy groups -OCH3 is 1. The lowest BCUT2D eigenvalue weighted by Gasteiger charge is -2.08. The second-order valence-electron chi connectivity index (χ2n) is 3.95. The zero-order valence-electron chi connectivity index (χ0n) is 10.4. The third kappa shape index (κ3) is 2.20. The molecule has 7 heteroatoms. The highest BCUT2D eigenvalue weighted by Gasteiger charge is 2.23. The number of para-hydroxylation sites is 1. The fourth-order valence-corrected chi connectivity index (χ4v) is 1.87. The van der Waals surface area contributed by atoms with E-state index in [2.05, 4.69) is 0 Å². The number of fused-ring (bicyclic) bond motifs is 1. The largest absolute Gasteiger partial charge is 0.493 e. The van der Waals surface area contributed by atoms with Gasteiger partial charge in [-0.05, 0) is 12.1 Å². The molecule has 0 spiro atoms. The maximum Gasteiger partial charge on any atom is 0.372 e. The summed E-state index contributed by atoms with van der Waals surface area (Å²) in [7, 11) is 1.35. The first kappa shape index (κ1) is 13.6. The standard InChI is InChI=1S/C13H10O7/c1-19-8-4-2-3-6-10(16)7(5-9(14)15)12(13(17)18)20-11(6)8/h2-4H,5H2,1H3,(H,14,15)(H,17,18). The molecule has 20 heavy (non-hydrogen) atoms. The van der Waals surface area contributed by atoms with Crippen molar-refractivity contribution in [1.82, 2.24) is 0 Å². The highest BCUT2D eigenvalue weighted by Crippen LogP contribution is 2.25. The Morgan fingerprint density at radius 3 is 2.55 bits per heavy atom. The van der Waals surface area contributed by atoms with Gasteiger partial charge < -0.3 is 19.4 Å². The minimum Gasteiger partial charge on any atom is -0.493 e. The van der Waals surface area contributed by atoms with Crippen molar-refractivity contribution in [2.24, 2.45) is 0 Å². The Bertz CT molecular complexity index is 757. The van der Waals surface area contributed by atoms with E-state index in [1.807, 2.05) is 0 Å².